The molecule has 4 nitrogen and oxygen atoms in total. The molecule has 2 rings (SSSR count). The summed E-state index contributed by atoms with van der Waals surface area (Å²) < 4.78 is 5.65. The summed E-state index contributed by atoms with van der Waals surface area (Å²) in [7, 11) is 0. The Balaban J connectivity index is 2.08. The van der Waals surface area contributed by atoms with Crippen LogP contribution in [0.25, 0.3) is 0 Å². The molecule has 0 aromatic heterocycles. The molecule has 1 heterocycles. The second-order valence-electron chi connectivity index (χ2n) is 5.53. The third kappa shape index (κ3) is 3.97. The van der Waals surface area contributed by atoms with Gasteiger partial charge in [-0.15, -0.1) is 0 Å². The quantitative estimate of drug-likeness (QED) is 0.906. The zero-order chi connectivity index (χ0) is 15.2. The molecule has 0 bridgehead atoms. The molecular weight excluding hydrogens is 264 g/mol. The zero-order valence-electron chi connectivity index (χ0n) is 13.3. The topological polar surface area (TPSA) is 41.6 Å². The van der Waals surface area contributed by atoms with E-state index in [9.17, 15) is 4.79 Å². The number of aryl methyl sites for hydroxylation is 1. The number of ether oxygens (including phenoxy) is 1. The number of likely N-dealkylation sites (tertiary alicyclic amines) is 1. The Labute approximate surface area is 127 Å². The number of nitrogens with zero attached hydrogens (tertiary/aromatic N) is 1. The fourth-order valence-electron chi connectivity index (χ4n) is 2.81. The first-order valence-electron chi connectivity index (χ1n) is 7.91. The molecule has 0 unspecified atom stereocenters. The minimum Gasteiger partial charge on any atom is -0.385 e. The van der Waals surface area contributed by atoms with E-state index >= 15 is 0 Å². The van der Waals surface area contributed by atoms with Gasteiger partial charge in [-0.3, -0.25) is 4.79 Å². The van der Waals surface area contributed by atoms with Gasteiger partial charge in [0, 0.05) is 31.9 Å². The van der Waals surface area contributed by atoms with E-state index in [1.165, 1.54) is 0 Å². The van der Waals surface area contributed by atoms with Crippen LogP contribution < -0.4 is 5.32 Å². The van der Waals surface area contributed by atoms with Gasteiger partial charge in [0.15, 0.2) is 0 Å². The van der Waals surface area contributed by atoms with Crippen molar-refractivity contribution in [1.29, 1.82) is 0 Å². The first-order chi connectivity index (χ1) is 10.2. The maximum absolute atomic E-state index is 12.8. The van der Waals surface area contributed by atoms with Crippen LogP contribution >= 0.6 is 0 Å². The minimum absolute atomic E-state index is 0.129. The predicted molar refractivity (Wildman–Crippen MR) is 85.9 cm³/mol. The third-order valence-corrected chi connectivity index (χ3v) is 3.90. The van der Waals surface area contributed by atoms with Gasteiger partial charge in [0.2, 0.25) is 0 Å². The van der Waals surface area contributed by atoms with Crippen molar-refractivity contribution in [2.45, 2.75) is 39.7 Å². The Kier molecular flexibility index (Phi) is 5.62. The van der Waals surface area contributed by atoms with Gasteiger partial charge in [-0.05, 0) is 45.7 Å². The number of rotatable bonds is 5. The molecule has 1 aromatic rings. The van der Waals surface area contributed by atoms with Gasteiger partial charge in [-0.25, -0.2) is 0 Å². The average molecular weight is 290 g/mol. The van der Waals surface area contributed by atoms with Crippen LogP contribution in [0.4, 0.5) is 5.69 Å². The molecule has 1 aromatic carbocycles. The molecule has 1 amide bonds. The van der Waals surface area contributed by atoms with E-state index in [0.717, 1.165) is 55.9 Å². The second-order valence-corrected chi connectivity index (χ2v) is 5.53. The molecule has 1 N–H and O–H groups in total. The number of amides is 1. The molecule has 1 aliphatic rings. The zero-order valence-corrected chi connectivity index (χ0v) is 13.3. The van der Waals surface area contributed by atoms with E-state index < -0.39 is 0 Å². The molecular formula is C17H26N2O2. The molecule has 116 valence electrons. The normalized spacial score (nSPS) is 16.0. The Morgan fingerprint density at radius 1 is 1.33 bits per heavy atom. The van der Waals surface area contributed by atoms with Crippen molar-refractivity contribution in [3.8, 4) is 0 Å². The Morgan fingerprint density at radius 2 is 2.05 bits per heavy atom. The molecule has 0 aliphatic carbocycles. The van der Waals surface area contributed by atoms with Crippen LogP contribution in [0.2, 0.25) is 0 Å². The highest BCUT2D eigenvalue weighted by atomic mass is 16.5. The van der Waals surface area contributed by atoms with Crippen LogP contribution in [-0.4, -0.2) is 43.2 Å². The summed E-state index contributed by atoms with van der Waals surface area (Å²) in [6.45, 7) is 9.21. The number of piperidine rings is 1. The number of nitrogens with one attached hydrogen (secondary N) is 1. The van der Waals surface area contributed by atoms with Gasteiger partial charge in [0.1, 0.15) is 0 Å². The first-order valence-corrected chi connectivity index (χ1v) is 7.91. The third-order valence-electron chi connectivity index (χ3n) is 3.90. The van der Waals surface area contributed by atoms with E-state index in [0.29, 0.717) is 6.10 Å². The van der Waals surface area contributed by atoms with Crippen LogP contribution in [0.5, 0.6) is 0 Å². The Morgan fingerprint density at radius 3 is 2.67 bits per heavy atom. The molecule has 1 aliphatic heterocycles. The van der Waals surface area contributed by atoms with Crippen molar-refractivity contribution in [3.05, 3.63) is 29.3 Å². The number of hydrogen-bond donors (Lipinski definition) is 1. The van der Waals surface area contributed by atoms with E-state index in [2.05, 4.69) is 5.32 Å². The lowest BCUT2D eigenvalue weighted by molar-refractivity contribution is 0.0146. The Hall–Kier alpha value is -1.55. The number of hydrogen-bond acceptors (Lipinski definition) is 3. The summed E-state index contributed by atoms with van der Waals surface area (Å²) in [4.78, 5) is 14.7. The summed E-state index contributed by atoms with van der Waals surface area (Å²) in [5.74, 6) is 0.129. The van der Waals surface area contributed by atoms with E-state index in [1.807, 2.05) is 43.9 Å². The van der Waals surface area contributed by atoms with Gasteiger partial charge in [-0.1, -0.05) is 11.6 Å². The van der Waals surface area contributed by atoms with Gasteiger partial charge in [0.25, 0.3) is 5.91 Å². The highest BCUT2D eigenvalue weighted by Crippen LogP contribution is 2.22. The molecule has 0 saturated carbocycles. The summed E-state index contributed by atoms with van der Waals surface area (Å²) in [5.41, 5.74) is 2.83. The van der Waals surface area contributed by atoms with Crippen LogP contribution in [0.1, 0.15) is 42.6 Å². The predicted octanol–water partition coefficient (Wildman–Crippen LogP) is 3.07. The van der Waals surface area contributed by atoms with Crippen LogP contribution in [0.3, 0.4) is 0 Å². The van der Waals surface area contributed by atoms with E-state index in [-0.39, 0.29) is 5.91 Å². The van der Waals surface area contributed by atoms with Crippen molar-refractivity contribution in [2.75, 3.05) is 31.6 Å². The highest BCUT2D eigenvalue weighted by molar-refractivity contribution is 5.99. The molecule has 21 heavy (non-hydrogen) atoms. The summed E-state index contributed by atoms with van der Waals surface area (Å²) in [6, 6.07) is 6.02. The van der Waals surface area contributed by atoms with Crippen molar-refractivity contribution >= 4 is 11.6 Å². The highest BCUT2D eigenvalue weighted by Gasteiger charge is 2.25. The van der Waals surface area contributed by atoms with E-state index in [1.54, 1.807) is 0 Å². The number of anilines is 1. The van der Waals surface area contributed by atoms with Crippen molar-refractivity contribution < 1.29 is 9.53 Å². The van der Waals surface area contributed by atoms with Crippen LogP contribution in [0, 0.1) is 6.92 Å². The van der Waals surface area contributed by atoms with Gasteiger partial charge >= 0.3 is 0 Å². The smallest absolute Gasteiger partial charge is 0.255 e. The summed E-state index contributed by atoms with van der Waals surface area (Å²) >= 11 is 0. The van der Waals surface area contributed by atoms with Gasteiger partial charge < -0.3 is 15.0 Å². The molecule has 0 atom stereocenters. The SMILES string of the molecule is CCNc1ccc(C)cc1C(=O)N1CCC(OCC)CC1. The van der Waals surface area contributed by atoms with Crippen LogP contribution in [-0.2, 0) is 4.74 Å². The fraction of sp³-hybridized carbons (Fsp3) is 0.588. The fourth-order valence-corrected chi connectivity index (χ4v) is 2.81. The van der Waals surface area contributed by atoms with Gasteiger partial charge in [0.05, 0.1) is 11.7 Å². The minimum atomic E-state index is 0.129. The standard InChI is InChI=1S/C17H26N2O2/c1-4-18-16-7-6-13(3)12-15(16)17(20)19-10-8-14(9-11-19)21-5-2/h6-7,12,14,18H,4-5,8-11H2,1-3H3. The molecule has 1 saturated heterocycles. The lowest BCUT2D eigenvalue weighted by atomic mass is 10.0. The monoisotopic (exact) mass is 290 g/mol. The second kappa shape index (κ2) is 7.46. The lowest BCUT2D eigenvalue weighted by Gasteiger charge is -2.32. The van der Waals surface area contributed by atoms with E-state index in [4.69, 9.17) is 4.74 Å². The largest absolute Gasteiger partial charge is 0.385 e. The maximum atomic E-state index is 12.8. The average Bonchev–Trinajstić information content (AvgIpc) is 2.50. The van der Waals surface area contributed by atoms with Crippen molar-refractivity contribution in [1.82, 2.24) is 4.90 Å². The number of benzene rings is 1. The maximum Gasteiger partial charge on any atom is 0.255 e. The first kappa shape index (κ1) is 15.8. The molecule has 0 radical (unpaired) electrons. The summed E-state index contributed by atoms with van der Waals surface area (Å²) in [5, 5.41) is 3.28. The van der Waals surface area contributed by atoms with Gasteiger partial charge in [-0.2, -0.15) is 0 Å². The Bertz CT molecular complexity index is 480. The van der Waals surface area contributed by atoms with Crippen molar-refractivity contribution in [3.63, 3.8) is 0 Å². The number of carbonyl (C=O) groups is 1. The summed E-state index contributed by atoms with van der Waals surface area (Å²) in [6.07, 6.45) is 2.17. The van der Waals surface area contributed by atoms with Crippen molar-refractivity contribution in [2.24, 2.45) is 0 Å². The molecule has 0 spiro atoms. The van der Waals surface area contributed by atoms with Crippen LogP contribution in [0.15, 0.2) is 18.2 Å². The molecule has 1 fully saturated rings. The number of carbonyl (C=O) groups excluding carboxylic acids is 1. The lowest BCUT2D eigenvalue weighted by Crippen LogP contribution is -2.41. The molecule has 4 heteroatoms.